The van der Waals surface area contributed by atoms with Crippen molar-refractivity contribution in [3.05, 3.63) is 29.8 Å². The van der Waals surface area contributed by atoms with Crippen LogP contribution in [0.4, 0.5) is 5.69 Å². The zero-order valence-electron chi connectivity index (χ0n) is 13.6. The zero-order chi connectivity index (χ0) is 17.0. The summed E-state index contributed by atoms with van der Waals surface area (Å²) < 4.78 is 0. The van der Waals surface area contributed by atoms with E-state index in [1.807, 2.05) is 26.8 Å². The number of amides is 2. The van der Waals surface area contributed by atoms with E-state index < -0.39 is 0 Å². The van der Waals surface area contributed by atoms with Crippen LogP contribution in [0.2, 0.25) is 0 Å². The van der Waals surface area contributed by atoms with Crippen LogP contribution in [-0.2, 0) is 4.79 Å². The zero-order valence-corrected chi connectivity index (χ0v) is 14.4. The van der Waals surface area contributed by atoms with Crippen molar-refractivity contribution in [3.8, 4) is 0 Å². The van der Waals surface area contributed by atoms with Gasteiger partial charge in [-0.15, -0.1) is 0 Å². The van der Waals surface area contributed by atoms with Crippen LogP contribution in [0.15, 0.2) is 24.3 Å². The molecular formula is C16H22N4O2S. The minimum Gasteiger partial charge on any atom is -0.357 e. The van der Waals surface area contributed by atoms with Crippen LogP contribution in [-0.4, -0.2) is 29.0 Å². The van der Waals surface area contributed by atoms with Crippen LogP contribution in [0.1, 0.15) is 44.0 Å². The Labute approximate surface area is 141 Å². The van der Waals surface area contributed by atoms with E-state index in [1.54, 1.807) is 23.1 Å². The number of thiocarbonyl (C=S) groups is 1. The first-order chi connectivity index (χ1) is 10.8. The SMILES string of the molecule is CC(C)(C)NC(=S)NNC(=O)c1ccccc1N1CCCC1=O. The highest BCUT2D eigenvalue weighted by Gasteiger charge is 2.25. The van der Waals surface area contributed by atoms with Crippen molar-refractivity contribution in [1.29, 1.82) is 0 Å². The van der Waals surface area contributed by atoms with E-state index in [4.69, 9.17) is 12.2 Å². The Kier molecular flexibility index (Phi) is 5.20. The predicted molar refractivity (Wildman–Crippen MR) is 94.1 cm³/mol. The molecule has 0 saturated carbocycles. The molecule has 1 aliphatic rings. The summed E-state index contributed by atoms with van der Waals surface area (Å²) in [6.45, 7) is 6.55. The van der Waals surface area contributed by atoms with Gasteiger partial charge in [-0.2, -0.15) is 0 Å². The highest BCUT2D eigenvalue weighted by Crippen LogP contribution is 2.25. The maximum Gasteiger partial charge on any atom is 0.271 e. The summed E-state index contributed by atoms with van der Waals surface area (Å²) in [5.74, 6) is -0.290. The van der Waals surface area contributed by atoms with Crippen molar-refractivity contribution < 1.29 is 9.59 Å². The van der Waals surface area contributed by atoms with Crippen molar-refractivity contribution in [2.75, 3.05) is 11.4 Å². The Bertz CT molecular complexity index is 625. The van der Waals surface area contributed by atoms with Crippen LogP contribution in [0.25, 0.3) is 0 Å². The van der Waals surface area contributed by atoms with Gasteiger partial charge in [-0.3, -0.25) is 20.4 Å². The first kappa shape index (κ1) is 17.2. The van der Waals surface area contributed by atoms with E-state index >= 15 is 0 Å². The van der Waals surface area contributed by atoms with Gasteiger partial charge in [0, 0.05) is 18.5 Å². The molecule has 0 aromatic heterocycles. The van der Waals surface area contributed by atoms with Gasteiger partial charge in [0.1, 0.15) is 0 Å². The molecule has 0 radical (unpaired) electrons. The van der Waals surface area contributed by atoms with Gasteiger partial charge in [0.25, 0.3) is 5.91 Å². The predicted octanol–water partition coefficient (Wildman–Crippen LogP) is 1.72. The molecule has 0 bridgehead atoms. The standard InChI is InChI=1S/C16H22N4O2S/c1-16(2,3)17-15(23)19-18-14(22)11-7-4-5-8-12(11)20-10-6-9-13(20)21/h4-5,7-8H,6,9-10H2,1-3H3,(H,18,22)(H2,17,19,23). The molecular weight excluding hydrogens is 312 g/mol. The number of carbonyl (C=O) groups excluding carboxylic acids is 2. The molecule has 23 heavy (non-hydrogen) atoms. The van der Waals surface area contributed by atoms with E-state index in [2.05, 4.69) is 16.2 Å². The summed E-state index contributed by atoms with van der Waals surface area (Å²) in [5, 5.41) is 3.38. The number of hydrogen-bond acceptors (Lipinski definition) is 3. The third kappa shape index (κ3) is 4.66. The molecule has 1 aromatic carbocycles. The Morgan fingerprint density at radius 3 is 2.52 bits per heavy atom. The van der Waals surface area contributed by atoms with Gasteiger partial charge in [-0.1, -0.05) is 12.1 Å². The molecule has 1 fully saturated rings. The molecule has 0 aliphatic carbocycles. The van der Waals surface area contributed by atoms with E-state index in [9.17, 15) is 9.59 Å². The Balaban J connectivity index is 2.05. The van der Waals surface area contributed by atoms with Crippen LogP contribution in [0.3, 0.4) is 0 Å². The first-order valence-corrected chi connectivity index (χ1v) is 7.96. The molecule has 1 heterocycles. The first-order valence-electron chi connectivity index (χ1n) is 7.56. The van der Waals surface area contributed by atoms with Crippen molar-refractivity contribution in [1.82, 2.24) is 16.2 Å². The molecule has 1 saturated heterocycles. The lowest BCUT2D eigenvalue weighted by Gasteiger charge is -2.23. The Hall–Kier alpha value is -2.15. The minimum atomic E-state index is -0.335. The van der Waals surface area contributed by atoms with Gasteiger partial charge >= 0.3 is 0 Å². The number of hydrazine groups is 1. The van der Waals surface area contributed by atoms with Gasteiger partial charge < -0.3 is 10.2 Å². The molecule has 2 rings (SSSR count). The van der Waals surface area contributed by atoms with Gasteiger partial charge in [-0.05, 0) is 51.5 Å². The number of benzene rings is 1. The van der Waals surface area contributed by atoms with E-state index in [0.29, 0.717) is 29.3 Å². The number of hydrogen-bond donors (Lipinski definition) is 3. The second-order valence-electron chi connectivity index (χ2n) is 6.45. The van der Waals surface area contributed by atoms with Gasteiger partial charge in [0.15, 0.2) is 5.11 Å². The summed E-state index contributed by atoms with van der Waals surface area (Å²) in [7, 11) is 0. The normalized spacial score (nSPS) is 14.6. The van der Waals surface area contributed by atoms with Gasteiger partial charge in [0.05, 0.1) is 11.3 Å². The summed E-state index contributed by atoms with van der Waals surface area (Å²) in [6, 6.07) is 7.06. The van der Waals surface area contributed by atoms with Gasteiger partial charge in [0.2, 0.25) is 5.91 Å². The average Bonchev–Trinajstić information content (AvgIpc) is 2.89. The summed E-state index contributed by atoms with van der Waals surface area (Å²) in [5.41, 5.74) is 6.12. The van der Waals surface area contributed by atoms with Crippen molar-refractivity contribution >= 4 is 34.8 Å². The average molecular weight is 334 g/mol. The highest BCUT2D eigenvalue weighted by molar-refractivity contribution is 7.80. The third-order valence-electron chi connectivity index (χ3n) is 3.29. The summed E-state index contributed by atoms with van der Waals surface area (Å²) >= 11 is 5.13. The molecule has 1 aromatic rings. The van der Waals surface area contributed by atoms with Crippen LogP contribution < -0.4 is 21.1 Å². The summed E-state index contributed by atoms with van der Waals surface area (Å²) in [4.78, 5) is 26.0. The van der Waals surface area contributed by atoms with Crippen LogP contribution in [0.5, 0.6) is 0 Å². The second kappa shape index (κ2) is 6.95. The van der Waals surface area contributed by atoms with Crippen LogP contribution in [0, 0.1) is 0 Å². The minimum absolute atomic E-state index is 0.0446. The fourth-order valence-electron chi connectivity index (χ4n) is 2.36. The van der Waals surface area contributed by atoms with Crippen molar-refractivity contribution in [3.63, 3.8) is 0 Å². The lowest BCUT2D eigenvalue weighted by Crippen LogP contribution is -2.52. The Morgan fingerprint density at radius 1 is 1.22 bits per heavy atom. The summed E-state index contributed by atoms with van der Waals surface area (Å²) in [6.07, 6.45) is 1.33. The molecule has 0 spiro atoms. The van der Waals surface area contributed by atoms with E-state index in [0.717, 1.165) is 6.42 Å². The maximum absolute atomic E-state index is 12.4. The van der Waals surface area contributed by atoms with Crippen molar-refractivity contribution in [2.24, 2.45) is 0 Å². The fraction of sp³-hybridized carbons (Fsp3) is 0.438. The number of rotatable bonds is 2. The molecule has 6 nitrogen and oxygen atoms in total. The van der Waals surface area contributed by atoms with Gasteiger partial charge in [-0.25, -0.2) is 0 Å². The highest BCUT2D eigenvalue weighted by atomic mass is 32.1. The molecule has 124 valence electrons. The molecule has 0 atom stereocenters. The molecule has 7 heteroatoms. The topological polar surface area (TPSA) is 73.5 Å². The number of anilines is 1. The number of carbonyl (C=O) groups is 2. The molecule has 0 unspecified atom stereocenters. The quantitative estimate of drug-likeness (QED) is 0.567. The third-order valence-corrected chi connectivity index (χ3v) is 3.50. The lowest BCUT2D eigenvalue weighted by atomic mass is 10.1. The smallest absolute Gasteiger partial charge is 0.271 e. The molecule has 2 amide bonds. The fourth-order valence-corrected chi connectivity index (χ4v) is 2.71. The number of para-hydroxylation sites is 1. The number of nitrogens with zero attached hydrogens (tertiary/aromatic N) is 1. The number of nitrogens with one attached hydrogen (secondary N) is 3. The van der Waals surface area contributed by atoms with Crippen molar-refractivity contribution in [2.45, 2.75) is 39.2 Å². The lowest BCUT2D eigenvalue weighted by molar-refractivity contribution is -0.117. The second-order valence-corrected chi connectivity index (χ2v) is 6.86. The van der Waals surface area contributed by atoms with E-state index in [-0.39, 0.29) is 17.4 Å². The molecule has 3 N–H and O–H groups in total. The van der Waals surface area contributed by atoms with E-state index in [1.165, 1.54) is 0 Å². The van der Waals surface area contributed by atoms with Crippen LogP contribution >= 0.6 is 12.2 Å². The largest absolute Gasteiger partial charge is 0.357 e. The maximum atomic E-state index is 12.4. The Morgan fingerprint density at radius 2 is 1.91 bits per heavy atom. The monoisotopic (exact) mass is 334 g/mol. The molecule has 1 aliphatic heterocycles.